The van der Waals surface area contributed by atoms with Gasteiger partial charge >= 0.3 is 12.1 Å². The molecule has 0 fully saturated rings. The summed E-state index contributed by atoms with van der Waals surface area (Å²) in [7, 11) is 0. The number of benzene rings is 1. The van der Waals surface area contributed by atoms with Crippen molar-refractivity contribution in [3.8, 4) is 0 Å². The van der Waals surface area contributed by atoms with Crippen LogP contribution in [-0.2, 0) is 16.0 Å². The molecule has 0 aliphatic carbocycles. The van der Waals surface area contributed by atoms with Crippen molar-refractivity contribution in [1.29, 1.82) is 0 Å². The third-order valence-corrected chi connectivity index (χ3v) is 2.46. The molecule has 1 aromatic rings. The maximum absolute atomic E-state index is 11.8. The lowest BCUT2D eigenvalue weighted by atomic mass is 10.0. The number of aromatic carboxylic acids is 1. The van der Waals surface area contributed by atoms with E-state index < -0.39 is 31.3 Å². The summed E-state index contributed by atoms with van der Waals surface area (Å²) in [4.78, 5) is 22.2. The second-order valence-corrected chi connectivity index (χ2v) is 4.17. The Morgan fingerprint density at radius 1 is 1.24 bits per heavy atom. The molecule has 8 heteroatoms. The molecule has 0 saturated carbocycles. The molecule has 0 aromatic heterocycles. The number of ether oxygens (including phenoxy) is 1. The molecule has 1 amide bonds. The summed E-state index contributed by atoms with van der Waals surface area (Å²) < 4.78 is 39.6. The Bertz CT molecular complexity index is 502. The second-order valence-electron chi connectivity index (χ2n) is 4.17. The first-order chi connectivity index (χ1) is 9.79. The minimum atomic E-state index is -4.47. The van der Waals surface area contributed by atoms with Gasteiger partial charge in [-0.15, -0.1) is 0 Å². The van der Waals surface area contributed by atoms with E-state index in [1.54, 1.807) is 18.2 Å². The summed E-state index contributed by atoms with van der Waals surface area (Å²) in [6.07, 6.45) is -4.21. The lowest BCUT2D eigenvalue weighted by Gasteiger charge is -2.09. The molecule has 21 heavy (non-hydrogen) atoms. The van der Waals surface area contributed by atoms with Gasteiger partial charge in [0.05, 0.1) is 5.56 Å². The topological polar surface area (TPSA) is 75.6 Å². The number of hydrogen-bond acceptors (Lipinski definition) is 3. The fraction of sp³-hybridized carbons (Fsp3) is 0.385. The van der Waals surface area contributed by atoms with E-state index in [-0.39, 0.29) is 18.5 Å². The van der Waals surface area contributed by atoms with E-state index >= 15 is 0 Å². The van der Waals surface area contributed by atoms with Crippen LogP contribution in [-0.4, -0.2) is 42.9 Å². The third kappa shape index (κ3) is 6.75. The van der Waals surface area contributed by atoms with E-state index in [0.717, 1.165) is 0 Å². The Labute approximate surface area is 118 Å². The largest absolute Gasteiger partial charge is 0.478 e. The van der Waals surface area contributed by atoms with Gasteiger partial charge in [-0.2, -0.15) is 13.2 Å². The van der Waals surface area contributed by atoms with Crippen molar-refractivity contribution in [3.05, 3.63) is 35.4 Å². The summed E-state index contributed by atoms with van der Waals surface area (Å²) >= 11 is 0. The molecule has 0 saturated heterocycles. The quantitative estimate of drug-likeness (QED) is 0.802. The minimum absolute atomic E-state index is 0.110. The number of carbonyl (C=O) groups is 2. The number of alkyl halides is 3. The molecule has 116 valence electrons. The molecule has 2 N–H and O–H groups in total. The molecule has 0 unspecified atom stereocenters. The number of halogens is 3. The number of carboxylic acid groups (broad SMARTS) is 1. The summed E-state index contributed by atoms with van der Waals surface area (Å²) in [6.45, 7) is -2.07. The molecule has 0 aliphatic heterocycles. The predicted molar refractivity (Wildman–Crippen MR) is 67.0 cm³/mol. The molecule has 0 atom stereocenters. The first-order valence-electron chi connectivity index (χ1n) is 6.02. The van der Waals surface area contributed by atoms with Gasteiger partial charge in [0.25, 0.3) is 0 Å². The lowest BCUT2D eigenvalue weighted by molar-refractivity contribution is -0.175. The number of carbonyl (C=O) groups excluding carboxylic acids is 1. The Morgan fingerprint density at radius 2 is 1.90 bits per heavy atom. The Morgan fingerprint density at radius 3 is 2.52 bits per heavy atom. The standard InChI is InChI=1S/C13H14F3NO4/c14-13(15,16)8-21-7-11(18)17-6-5-9-3-1-2-4-10(9)12(19)20/h1-4H,5-8H2,(H,17,18)(H,19,20). The zero-order valence-electron chi connectivity index (χ0n) is 10.9. The van der Waals surface area contributed by atoms with Crippen LogP contribution < -0.4 is 5.32 Å². The highest BCUT2D eigenvalue weighted by Crippen LogP contribution is 2.14. The van der Waals surface area contributed by atoms with E-state index in [1.165, 1.54) is 6.07 Å². The normalized spacial score (nSPS) is 11.2. The van der Waals surface area contributed by atoms with Crippen molar-refractivity contribution in [1.82, 2.24) is 5.32 Å². The Balaban J connectivity index is 2.34. The van der Waals surface area contributed by atoms with Crippen LogP contribution >= 0.6 is 0 Å². The predicted octanol–water partition coefficient (Wildman–Crippen LogP) is 1.62. The van der Waals surface area contributed by atoms with Crippen LogP contribution in [0.4, 0.5) is 13.2 Å². The summed E-state index contributed by atoms with van der Waals surface area (Å²) in [5.74, 6) is -1.77. The van der Waals surface area contributed by atoms with Gasteiger partial charge < -0.3 is 15.2 Å². The third-order valence-electron chi connectivity index (χ3n) is 2.46. The van der Waals surface area contributed by atoms with Gasteiger partial charge in [-0.3, -0.25) is 4.79 Å². The minimum Gasteiger partial charge on any atom is -0.478 e. The SMILES string of the molecule is O=C(COCC(F)(F)F)NCCc1ccccc1C(=O)O. The molecule has 1 rings (SSSR count). The van der Waals surface area contributed by atoms with E-state index in [0.29, 0.717) is 5.56 Å². The molecule has 0 aliphatic rings. The van der Waals surface area contributed by atoms with E-state index in [2.05, 4.69) is 10.1 Å². The lowest BCUT2D eigenvalue weighted by Crippen LogP contribution is -2.31. The molecule has 0 spiro atoms. The number of carboxylic acids is 1. The van der Waals surface area contributed by atoms with Gasteiger partial charge in [0.2, 0.25) is 5.91 Å². The number of rotatable bonds is 7. The van der Waals surface area contributed by atoms with Crippen molar-refractivity contribution < 1.29 is 32.6 Å². The Hall–Kier alpha value is -2.09. The van der Waals surface area contributed by atoms with E-state index in [1.807, 2.05) is 0 Å². The van der Waals surface area contributed by atoms with Crippen LogP contribution in [0.1, 0.15) is 15.9 Å². The fourth-order valence-corrected chi connectivity index (χ4v) is 1.59. The maximum atomic E-state index is 11.8. The van der Waals surface area contributed by atoms with Crippen LogP contribution in [0, 0.1) is 0 Å². The molecule has 0 bridgehead atoms. The summed E-state index contributed by atoms with van der Waals surface area (Å²) in [5.41, 5.74) is 0.654. The number of hydrogen-bond donors (Lipinski definition) is 2. The second kappa shape index (κ2) is 7.63. The fourth-order valence-electron chi connectivity index (χ4n) is 1.59. The van der Waals surface area contributed by atoms with Crippen LogP contribution in [0.25, 0.3) is 0 Å². The maximum Gasteiger partial charge on any atom is 0.411 e. The van der Waals surface area contributed by atoms with Gasteiger partial charge in [-0.05, 0) is 18.1 Å². The molecular formula is C13H14F3NO4. The van der Waals surface area contributed by atoms with Crippen LogP contribution in [0.3, 0.4) is 0 Å². The van der Waals surface area contributed by atoms with E-state index in [4.69, 9.17) is 5.11 Å². The van der Waals surface area contributed by atoms with Gasteiger partial charge in [0.1, 0.15) is 13.2 Å². The summed E-state index contributed by atoms with van der Waals surface area (Å²) in [5, 5.41) is 11.3. The summed E-state index contributed by atoms with van der Waals surface area (Å²) in [6, 6.07) is 6.29. The average molecular weight is 305 g/mol. The molecule has 5 nitrogen and oxygen atoms in total. The molecular weight excluding hydrogens is 291 g/mol. The molecule has 1 aromatic carbocycles. The highest BCUT2D eigenvalue weighted by atomic mass is 19.4. The Kier molecular flexibility index (Phi) is 6.16. The van der Waals surface area contributed by atoms with Gasteiger partial charge in [0.15, 0.2) is 0 Å². The van der Waals surface area contributed by atoms with Crippen LogP contribution in [0.5, 0.6) is 0 Å². The monoisotopic (exact) mass is 305 g/mol. The molecule has 0 radical (unpaired) electrons. The number of amides is 1. The van der Waals surface area contributed by atoms with Crippen molar-refractivity contribution in [2.75, 3.05) is 19.8 Å². The molecule has 0 heterocycles. The average Bonchev–Trinajstić information content (AvgIpc) is 2.37. The first kappa shape index (κ1) is 17.0. The smallest absolute Gasteiger partial charge is 0.411 e. The van der Waals surface area contributed by atoms with Crippen LogP contribution in [0.2, 0.25) is 0 Å². The van der Waals surface area contributed by atoms with Crippen LogP contribution in [0.15, 0.2) is 24.3 Å². The zero-order valence-corrected chi connectivity index (χ0v) is 10.9. The highest BCUT2D eigenvalue weighted by molar-refractivity contribution is 5.89. The van der Waals surface area contributed by atoms with Crippen molar-refractivity contribution in [2.45, 2.75) is 12.6 Å². The van der Waals surface area contributed by atoms with Crippen molar-refractivity contribution in [3.63, 3.8) is 0 Å². The van der Waals surface area contributed by atoms with Gasteiger partial charge in [-0.1, -0.05) is 18.2 Å². The van der Waals surface area contributed by atoms with Gasteiger partial charge in [-0.25, -0.2) is 4.79 Å². The number of nitrogens with one attached hydrogen (secondary N) is 1. The van der Waals surface area contributed by atoms with Crippen molar-refractivity contribution >= 4 is 11.9 Å². The van der Waals surface area contributed by atoms with Crippen molar-refractivity contribution in [2.24, 2.45) is 0 Å². The van der Waals surface area contributed by atoms with E-state index in [9.17, 15) is 22.8 Å². The highest BCUT2D eigenvalue weighted by Gasteiger charge is 2.27. The zero-order chi connectivity index (χ0) is 15.9. The first-order valence-corrected chi connectivity index (χ1v) is 6.02. The van der Waals surface area contributed by atoms with Gasteiger partial charge in [0, 0.05) is 6.54 Å².